The smallest absolute Gasteiger partial charge is 0.376 e. The number of hydrogen-bond donors (Lipinski definition) is 0. The van der Waals surface area contributed by atoms with Crippen LogP contribution in [0.15, 0.2) is 24.3 Å². The zero-order valence-electron chi connectivity index (χ0n) is 12.9. The molecule has 0 spiro atoms. The molecule has 128 valence electrons. The van der Waals surface area contributed by atoms with Crippen LogP contribution < -0.4 is 0 Å². The van der Waals surface area contributed by atoms with Crippen LogP contribution in [0.3, 0.4) is 0 Å². The molecule has 1 amide bonds. The Morgan fingerprint density at radius 2 is 2.04 bits per heavy atom. The molecule has 1 aromatic carbocycles. The summed E-state index contributed by atoms with van der Waals surface area (Å²) < 4.78 is 49.8. The Bertz CT molecular complexity index is 528. The summed E-state index contributed by atoms with van der Waals surface area (Å²) in [6.45, 7) is 3.27. The quantitative estimate of drug-likeness (QED) is 0.833. The minimum Gasteiger partial charge on any atom is -0.376 e. The second kappa shape index (κ2) is 7.79. The van der Waals surface area contributed by atoms with Crippen LogP contribution >= 0.6 is 0 Å². The molecule has 1 aliphatic rings. The van der Waals surface area contributed by atoms with E-state index in [1.807, 2.05) is 0 Å². The molecule has 1 aromatic rings. The highest BCUT2D eigenvalue weighted by atomic mass is 19.4. The fraction of sp³-hybridized carbons (Fsp3) is 0.562. The summed E-state index contributed by atoms with van der Waals surface area (Å²) in [7, 11) is 0. The van der Waals surface area contributed by atoms with Crippen molar-refractivity contribution in [3.8, 4) is 0 Å². The highest BCUT2D eigenvalue weighted by molar-refractivity contribution is 5.76. The highest BCUT2D eigenvalue weighted by Gasteiger charge is 2.33. The van der Waals surface area contributed by atoms with Gasteiger partial charge in [-0.25, -0.2) is 0 Å². The van der Waals surface area contributed by atoms with Crippen molar-refractivity contribution in [3.63, 3.8) is 0 Å². The molecule has 0 aromatic heterocycles. The van der Waals surface area contributed by atoms with Gasteiger partial charge in [-0.05, 0) is 18.6 Å². The first-order valence-corrected chi connectivity index (χ1v) is 7.54. The molecule has 1 unspecified atom stereocenters. The minimum atomic E-state index is -4.43. The van der Waals surface area contributed by atoms with E-state index >= 15 is 0 Å². The Balaban J connectivity index is 2.05. The number of ether oxygens (including phenoxy) is 2. The van der Waals surface area contributed by atoms with Gasteiger partial charge in [0.25, 0.3) is 0 Å². The molecule has 1 aliphatic heterocycles. The zero-order valence-corrected chi connectivity index (χ0v) is 12.9. The number of carbonyl (C=O) groups is 1. The van der Waals surface area contributed by atoms with Gasteiger partial charge in [-0.15, -0.1) is 0 Å². The second-order valence-electron chi connectivity index (χ2n) is 5.33. The molecule has 1 heterocycles. The lowest BCUT2D eigenvalue weighted by atomic mass is 10.1. The molecule has 4 nitrogen and oxygen atoms in total. The molecule has 0 N–H and O–H groups in total. The van der Waals surface area contributed by atoms with Crippen molar-refractivity contribution in [2.75, 3.05) is 26.4 Å². The van der Waals surface area contributed by atoms with Crippen molar-refractivity contribution in [1.82, 2.24) is 4.90 Å². The first-order chi connectivity index (χ1) is 10.9. The maximum atomic E-state index is 13.0. The predicted octanol–water partition coefficient (Wildman–Crippen LogP) is 2.86. The van der Waals surface area contributed by atoms with Gasteiger partial charge in [-0.1, -0.05) is 18.2 Å². The highest BCUT2D eigenvalue weighted by Crippen LogP contribution is 2.32. The van der Waals surface area contributed by atoms with Gasteiger partial charge in [0.1, 0.15) is 0 Å². The summed E-state index contributed by atoms with van der Waals surface area (Å²) in [4.78, 5) is 13.7. The molecule has 0 aliphatic carbocycles. The lowest BCUT2D eigenvalue weighted by Crippen LogP contribution is -2.37. The number of nitrogens with zero attached hydrogens (tertiary/aromatic N) is 1. The van der Waals surface area contributed by atoms with Crippen molar-refractivity contribution < 1.29 is 27.4 Å². The van der Waals surface area contributed by atoms with E-state index in [0.717, 1.165) is 6.07 Å². The van der Waals surface area contributed by atoms with Gasteiger partial charge < -0.3 is 14.4 Å². The summed E-state index contributed by atoms with van der Waals surface area (Å²) in [5.41, 5.74) is -0.612. The number of alkyl halides is 3. The Morgan fingerprint density at radius 1 is 1.30 bits per heavy atom. The van der Waals surface area contributed by atoms with Gasteiger partial charge in [-0.2, -0.15) is 13.2 Å². The number of hydrogen-bond acceptors (Lipinski definition) is 3. The first kappa shape index (κ1) is 17.7. The normalized spacial score (nSPS) is 18.7. The number of amides is 1. The van der Waals surface area contributed by atoms with Crippen LogP contribution in [0, 0.1) is 0 Å². The van der Waals surface area contributed by atoms with E-state index < -0.39 is 11.7 Å². The minimum absolute atomic E-state index is 0.0708. The van der Waals surface area contributed by atoms with Gasteiger partial charge in [-0.3, -0.25) is 4.79 Å². The van der Waals surface area contributed by atoms with Gasteiger partial charge in [0.15, 0.2) is 0 Å². The Morgan fingerprint density at radius 3 is 2.65 bits per heavy atom. The molecule has 0 saturated carbocycles. The molecule has 0 bridgehead atoms. The van der Waals surface area contributed by atoms with Crippen LogP contribution in [0.4, 0.5) is 13.2 Å². The lowest BCUT2D eigenvalue weighted by molar-refractivity contribution is -0.143. The van der Waals surface area contributed by atoms with Crippen molar-refractivity contribution in [2.45, 2.75) is 32.2 Å². The van der Waals surface area contributed by atoms with E-state index in [1.54, 1.807) is 13.0 Å². The fourth-order valence-electron chi connectivity index (χ4n) is 2.49. The molecule has 1 saturated heterocycles. The van der Waals surface area contributed by atoms with Gasteiger partial charge >= 0.3 is 6.18 Å². The van der Waals surface area contributed by atoms with Crippen molar-refractivity contribution in [1.29, 1.82) is 0 Å². The molecular formula is C16H20F3NO3. The Labute approximate surface area is 133 Å². The van der Waals surface area contributed by atoms with Crippen LogP contribution in [0.1, 0.15) is 24.5 Å². The molecule has 1 fully saturated rings. The monoisotopic (exact) mass is 331 g/mol. The average molecular weight is 331 g/mol. The van der Waals surface area contributed by atoms with Crippen LogP contribution in [0.2, 0.25) is 0 Å². The van der Waals surface area contributed by atoms with E-state index in [9.17, 15) is 18.0 Å². The summed E-state index contributed by atoms with van der Waals surface area (Å²) in [5, 5.41) is 0. The number of halogens is 3. The molecule has 7 heteroatoms. The summed E-state index contributed by atoms with van der Waals surface area (Å²) in [6, 6.07) is 5.32. The lowest BCUT2D eigenvalue weighted by Gasteiger charge is -2.27. The second-order valence-corrected chi connectivity index (χ2v) is 5.33. The van der Waals surface area contributed by atoms with Crippen LogP contribution in [0.5, 0.6) is 0 Å². The van der Waals surface area contributed by atoms with Gasteiger partial charge in [0, 0.05) is 13.1 Å². The molecular weight excluding hydrogens is 311 g/mol. The molecule has 0 radical (unpaired) electrons. The Hall–Kier alpha value is -1.60. The maximum Gasteiger partial charge on any atom is 0.416 e. The largest absolute Gasteiger partial charge is 0.416 e. The van der Waals surface area contributed by atoms with Crippen molar-refractivity contribution in [3.05, 3.63) is 35.4 Å². The van der Waals surface area contributed by atoms with Crippen molar-refractivity contribution in [2.24, 2.45) is 0 Å². The van der Waals surface area contributed by atoms with Crippen LogP contribution in [-0.2, 0) is 27.0 Å². The predicted molar refractivity (Wildman–Crippen MR) is 77.7 cm³/mol. The topological polar surface area (TPSA) is 38.8 Å². The third kappa shape index (κ3) is 4.94. The fourth-order valence-corrected chi connectivity index (χ4v) is 2.49. The van der Waals surface area contributed by atoms with Crippen LogP contribution in [0.25, 0.3) is 0 Å². The number of rotatable bonds is 5. The summed E-state index contributed by atoms with van der Waals surface area (Å²) in [6.07, 6.45) is -4.65. The average Bonchev–Trinajstić information content (AvgIpc) is 2.53. The number of benzene rings is 1. The molecule has 1 atom stereocenters. The zero-order chi connectivity index (χ0) is 16.9. The van der Waals surface area contributed by atoms with E-state index in [2.05, 4.69) is 0 Å². The third-order valence-corrected chi connectivity index (χ3v) is 3.71. The third-order valence-electron chi connectivity index (χ3n) is 3.71. The first-order valence-electron chi connectivity index (χ1n) is 7.54. The maximum absolute atomic E-state index is 13.0. The van der Waals surface area contributed by atoms with Crippen LogP contribution in [-0.4, -0.2) is 43.3 Å². The summed E-state index contributed by atoms with van der Waals surface area (Å²) in [5.74, 6) is -0.236. The molecule has 23 heavy (non-hydrogen) atoms. The van der Waals surface area contributed by atoms with E-state index in [0.29, 0.717) is 26.4 Å². The van der Waals surface area contributed by atoms with E-state index in [4.69, 9.17) is 9.47 Å². The SMILES string of the molecule is CCN(Cc1ccccc1C(F)(F)F)C(=O)CC1COCCO1. The van der Waals surface area contributed by atoms with Gasteiger partial charge in [0.2, 0.25) is 5.91 Å². The molecule has 2 rings (SSSR count). The Kier molecular flexibility index (Phi) is 6.01. The van der Waals surface area contributed by atoms with E-state index in [-0.39, 0.29) is 30.5 Å². The standard InChI is InChI=1S/C16H20F3NO3/c1-2-20(15(21)9-13-11-22-7-8-23-13)10-12-5-3-4-6-14(12)16(17,18)19/h3-6,13H,2,7-11H2,1H3. The van der Waals surface area contributed by atoms with E-state index in [1.165, 1.54) is 17.0 Å². The number of carbonyl (C=O) groups excluding carboxylic acids is 1. The summed E-state index contributed by atoms with van der Waals surface area (Å²) >= 11 is 0. The van der Waals surface area contributed by atoms with Crippen molar-refractivity contribution >= 4 is 5.91 Å². The van der Waals surface area contributed by atoms with Gasteiger partial charge in [0.05, 0.1) is 37.9 Å².